The number of carbonyl (C=O) groups excluding carboxylic acids is 3. The van der Waals surface area contributed by atoms with Crippen LogP contribution < -0.4 is 10.5 Å². The van der Waals surface area contributed by atoms with Crippen molar-refractivity contribution >= 4 is 17.8 Å². The lowest BCUT2D eigenvalue weighted by Gasteiger charge is -2.31. The number of hydrogen-bond acceptors (Lipinski definition) is 6. The maximum atomic E-state index is 14.7. The first-order valence-corrected chi connectivity index (χ1v) is 11.7. The lowest BCUT2D eigenvalue weighted by Crippen LogP contribution is -2.38. The second-order valence-corrected chi connectivity index (χ2v) is 8.74. The molecule has 0 unspecified atom stereocenters. The second-order valence-electron chi connectivity index (χ2n) is 8.74. The third-order valence-electron chi connectivity index (χ3n) is 5.63. The number of benzene rings is 2. The molecule has 190 valence electrons. The number of rotatable bonds is 14. The van der Waals surface area contributed by atoms with E-state index < -0.39 is 23.3 Å². The Balaban J connectivity index is 2.14. The molecule has 8 heteroatoms. The summed E-state index contributed by atoms with van der Waals surface area (Å²) in [6.07, 6.45) is 2.69. The van der Waals surface area contributed by atoms with Crippen LogP contribution in [0.1, 0.15) is 52.0 Å². The Bertz CT molecular complexity index is 987. The molecule has 0 aliphatic heterocycles. The Morgan fingerprint density at radius 1 is 0.971 bits per heavy atom. The molecule has 0 aromatic heterocycles. The fourth-order valence-corrected chi connectivity index (χ4v) is 3.67. The van der Waals surface area contributed by atoms with Crippen molar-refractivity contribution in [2.24, 2.45) is 11.1 Å². The van der Waals surface area contributed by atoms with Gasteiger partial charge >= 0.3 is 11.9 Å². The van der Waals surface area contributed by atoms with E-state index in [9.17, 15) is 18.8 Å². The largest absolute Gasteiger partial charge is 0.493 e. The van der Waals surface area contributed by atoms with Crippen LogP contribution in [0.4, 0.5) is 4.39 Å². The number of nitrogens with two attached hydrogens (primary N) is 1. The highest BCUT2D eigenvalue weighted by atomic mass is 19.1. The van der Waals surface area contributed by atoms with Crippen molar-refractivity contribution < 1.29 is 33.0 Å². The van der Waals surface area contributed by atoms with Gasteiger partial charge in [0.25, 0.3) is 0 Å². The molecule has 0 radical (unpaired) electrons. The van der Waals surface area contributed by atoms with Gasteiger partial charge in [-0.1, -0.05) is 37.6 Å². The van der Waals surface area contributed by atoms with Crippen molar-refractivity contribution in [1.82, 2.24) is 0 Å². The van der Waals surface area contributed by atoms with Gasteiger partial charge in [0, 0.05) is 37.3 Å². The van der Waals surface area contributed by atoms with Crippen LogP contribution >= 0.6 is 0 Å². The molecule has 2 rings (SSSR count). The van der Waals surface area contributed by atoms with Crippen molar-refractivity contribution in [2.45, 2.75) is 52.9 Å². The quantitative estimate of drug-likeness (QED) is 0.309. The number of esters is 2. The summed E-state index contributed by atoms with van der Waals surface area (Å²) in [5.74, 6) is -1.46. The zero-order chi connectivity index (χ0) is 25.8. The van der Waals surface area contributed by atoms with Gasteiger partial charge < -0.3 is 19.9 Å². The van der Waals surface area contributed by atoms with E-state index in [1.807, 2.05) is 24.3 Å². The van der Waals surface area contributed by atoms with Gasteiger partial charge in [0.1, 0.15) is 24.8 Å². The van der Waals surface area contributed by atoms with Gasteiger partial charge in [-0.25, -0.2) is 4.39 Å². The highest BCUT2D eigenvalue weighted by molar-refractivity contribution is 5.75. The van der Waals surface area contributed by atoms with E-state index >= 15 is 0 Å². The molecule has 1 amide bonds. The predicted octanol–water partition coefficient (Wildman–Crippen LogP) is 4.59. The van der Waals surface area contributed by atoms with Gasteiger partial charge in [-0.3, -0.25) is 14.4 Å². The molecule has 2 N–H and O–H groups in total. The number of unbranched alkanes of at least 4 members (excludes halogenated alkanes) is 1. The Morgan fingerprint density at radius 2 is 1.60 bits per heavy atom. The zero-order valence-electron chi connectivity index (χ0n) is 20.6. The smallest absolute Gasteiger partial charge is 0.302 e. The summed E-state index contributed by atoms with van der Waals surface area (Å²) in [5.41, 5.74) is 6.60. The fourth-order valence-electron chi connectivity index (χ4n) is 3.67. The number of primary amides is 1. The summed E-state index contributed by atoms with van der Waals surface area (Å²) in [7, 11) is 0. The summed E-state index contributed by atoms with van der Waals surface area (Å²) >= 11 is 0. The van der Waals surface area contributed by atoms with Crippen LogP contribution in [0.15, 0.2) is 42.5 Å². The zero-order valence-corrected chi connectivity index (χ0v) is 20.6. The van der Waals surface area contributed by atoms with Crippen molar-refractivity contribution in [3.05, 3.63) is 53.8 Å². The summed E-state index contributed by atoms with van der Waals surface area (Å²) in [6, 6.07) is 12.2. The molecule has 2 aromatic carbocycles. The van der Waals surface area contributed by atoms with Crippen LogP contribution in [0.3, 0.4) is 0 Å². The minimum absolute atomic E-state index is 0.103. The standard InChI is InChI=1S/C27H34FNO6/c1-4-5-14-33-23-10-11-24(25(28)15-23)22-8-6-21(7-9-22)12-13-27(16-26(29)32,17-34-19(2)30)18-35-20(3)31/h6-11,15H,4-5,12-14,16-18H2,1-3H3,(H2,29,32). The van der Waals surface area contributed by atoms with Crippen LogP contribution in [0, 0.1) is 11.2 Å². The average molecular weight is 488 g/mol. The van der Waals surface area contributed by atoms with Gasteiger partial charge in [-0.15, -0.1) is 0 Å². The minimum atomic E-state index is -0.943. The monoisotopic (exact) mass is 487 g/mol. The van der Waals surface area contributed by atoms with Crippen molar-refractivity contribution in [2.75, 3.05) is 19.8 Å². The maximum absolute atomic E-state index is 14.7. The van der Waals surface area contributed by atoms with Gasteiger partial charge in [0.15, 0.2) is 0 Å². The van der Waals surface area contributed by atoms with E-state index in [2.05, 4.69) is 6.92 Å². The molecule has 0 heterocycles. The number of aryl methyl sites for hydroxylation is 1. The highest BCUT2D eigenvalue weighted by Crippen LogP contribution is 2.31. The predicted molar refractivity (Wildman–Crippen MR) is 130 cm³/mol. The first-order chi connectivity index (χ1) is 16.6. The van der Waals surface area contributed by atoms with Gasteiger partial charge in [-0.2, -0.15) is 0 Å². The van der Waals surface area contributed by atoms with Crippen molar-refractivity contribution in [1.29, 1.82) is 0 Å². The molecule has 0 aliphatic carbocycles. The minimum Gasteiger partial charge on any atom is -0.493 e. The molecule has 2 aromatic rings. The second kappa shape index (κ2) is 13.5. The van der Waals surface area contributed by atoms with E-state index in [1.54, 1.807) is 12.1 Å². The van der Waals surface area contributed by atoms with Crippen LogP contribution in [0.5, 0.6) is 5.75 Å². The number of carbonyl (C=O) groups is 3. The number of amides is 1. The average Bonchev–Trinajstić information content (AvgIpc) is 2.80. The van der Waals surface area contributed by atoms with Crippen molar-refractivity contribution in [3.63, 3.8) is 0 Å². The first-order valence-electron chi connectivity index (χ1n) is 11.7. The van der Waals surface area contributed by atoms with Crippen LogP contribution in [0.25, 0.3) is 11.1 Å². The van der Waals surface area contributed by atoms with E-state index in [0.717, 1.165) is 24.0 Å². The topological polar surface area (TPSA) is 105 Å². The van der Waals surface area contributed by atoms with Crippen LogP contribution in [-0.4, -0.2) is 37.7 Å². The van der Waals surface area contributed by atoms with E-state index in [1.165, 1.54) is 19.9 Å². The fraction of sp³-hybridized carbons (Fsp3) is 0.444. The third-order valence-corrected chi connectivity index (χ3v) is 5.63. The van der Waals surface area contributed by atoms with E-state index in [0.29, 0.717) is 30.8 Å². The van der Waals surface area contributed by atoms with Gasteiger partial charge in [0.05, 0.1) is 6.61 Å². The normalized spacial score (nSPS) is 11.1. The Hall–Kier alpha value is -3.42. The number of hydrogen-bond donors (Lipinski definition) is 1. The SMILES string of the molecule is CCCCOc1ccc(-c2ccc(CCC(COC(C)=O)(COC(C)=O)CC(N)=O)cc2)c(F)c1. The lowest BCUT2D eigenvalue weighted by molar-refractivity contribution is -0.154. The molecule has 0 spiro atoms. The molecule has 0 fully saturated rings. The number of ether oxygens (including phenoxy) is 3. The van der Waals surface area contributed by atoms with E-state index in [4.69, 9.17) is 19.9 Å². The summed E-state index contributed by atoms with van der Waals surface area (Å²) in [5, 5.41) is 0. The Labute approximate surface area is 205 Å². The van der Waals surface area contributed by atoms with Crippen LogP contribution in [-0.2, 0) is 30.3 Å². The maximum Gasteiger partial charge on any atom is 0.302 e. The third kappa shape index (κ3) is 9.39. The van der Waals surface area contributed by atoms with E-state index in [-0.39, 0.29) is 25.5 Å². The molecule has 0 aliphatic rings. The summed E-state index contributed by atoms with van der Waals surface area (Å²) in [6.45, 7) is 4.94. The lowest BCUT2D eigenvalue weighted by atomic mass is 9.80. The van der Waals surface area contributed by atoms with Crippen LogP contribution in [0.2, 0.25) is 0 Å². The Morgan fingerprint density at radius 3 is 2.11 bits per heavy atom. The summed E-state index contributed by atoms with van der Waals surface area (Å²) in [4.78, 5) is 34.5. The first kappa shape index (κ1) is 27.8. The van der Waals surface area contributed by atoms with Gasteiger partial charge in [-0.05, 0) is 42.5 Å². The molecule has 0 saturated carbocycles. The summed E-state index contributed by atoms with van der Waals surface area (Å²) < 4.78 is 30.6. The highest BCUT2D eigenvalue weighted by Gasteiger charge is 2.35. The molecular formula is C27H34FNO6. The molecular weight excluding hydrogens is 453 g/mol. The number of halogens is 1. The molecule has 0 saturated heterocycles. The Kier molecular flexibility index (Phi) is 10.7. The molecule has 0 bridgehead atoms. The molecule has 0 atom stereocenters. The molecule has 35 heavy (non-hydrogen) atoms. The molecule has 7 nitrogen and oxygen atoms in total. The van der Waals surface area contributed by atoms with Gasteiger partial charge in [0.2, 0.25) is 5.91 Å². The van der Waals surface area contributed by atoms with Crippen molar-refractivity contribution in [3.8, 4) is 16.9 Å².